The summed E-state index contributed by atoms with van der Waals surface area (Å²) in [5.41, 5.74) is 0.136. The zero-order chi connectivity index (χ0) is 25.8. The van der Waals surface area contributed by atoms with Crippen molar-refractivity contribution in [2.75, 3.05) is 82.4 Å². The van der Waals surface area contributed by atoms with E-state index in [9.17, 15) is 10.1 Å². The van der Waals surface area contributed by atoms with E-state index in [1.165, 1.54) is 0 Å². The SMILES string of the molecule is COCCCN1CCCN(c2nc(C#N)cc(N3CC4(CCN(C(=O)OC(C)(C)C)CC4)C3)n2)CC1. The molecular weight excluding hydrogens is 458 g/mol. The van der Waals surface area contributed by atoms with Crippen molar-refractivity contribution >= 4 is 17.9 Å². The number of aromatic nitrogens is 2. The minimum absolute atomic E-state index is 0.196. The highest BCUT2D eigenvalue weighted by atomic mass is 16.6. The highest BCUT2D eigenvalue weighted by molar-refractivity contribution is 5.68. The Morgan fingerprint density at radius 2 is 1.83 bits per heavy atom. The molecule has 4 heterocycles. The molecule has 0 saturated carbocycles. The van der Waals surface area contributed by atoms with Gasteiger partial charge in [0.2, 0.25) is 5.95 Å². The smallest absolute Gasteiger partial charge is 0.410 e. The molecule has 1 aromatic rings. The van der Waals surface area contributed by atoms with E-state index in [0.29, 0.717) is 11.6 Å². The van der Waals surface area contributed by atoms with Crippen molar-refractivity contribution in [2.45, 2.75) is 52.1 Å². The summed E-state index contributed by atoms with van der Waals surface area (Å²) in [5, 5.41) is 9.63. The molecule has 3 aliphatic rings. The van der Waals surface area contributed by atoms with Crippen LogP contribution in [0.4, 0.5) is 16.6 Å². The van der Waals surface area contributed by atoms with Crippen molar-refractivity contribution in [3.05, 3.63) is 11.8 Å². The Hall–Kier alpha value is -2.64. The average Bonchev–Trinajstić information content (AvgIpc) is 3.07. The number of rotatable bonds is 6. The first-order valence-corrected chi connectivity index (χ1v) is 13.2. The van der Waals surface area contributed by atoms with Crippen molar-refractivity contribution < 1.29 is 14.3 Å². The molecule has 1 spiro atoms. The Morgan fingerprint density at radius 1 is 1.08 bits per heavy atom. The van der Waals surface area contributed by atoms with Gasteiger partial charge in [0, 0.05) is 77.6 Å². The van der Waals surface area contributed by atoms with E-state index in [-0.39, 0.29) is 11.5 Å². The number of hydrogen-bond donors (Lipinski definition) is 0. The highest BCUT2D eigenvalue weighted by Gasteiger charge is 2.46. The third-order valence-corrected chi connectivity index (χ3v) is 7.36. The Bertz CT molecular complexity index is 942. The molecule has 0 atom stereocenters. The predicted octanol–water partition coefficient (Wildman–Crippen LogP) is 2.73. The lowest BCUT2D eigenvalue weighted by Gasteiger charge is -2.54. The highest BCUT2D eigenvalue weighted by Crippen LogP contribution is 2.42. The molecule has 36 heavy (non-hydrogen) atoms. The maximum atomic E-state index is 12.4. The molecule has 3 fully saturated rings. The second-order valence-corrected chi connectivity index (χ2v) is 11.4. The molecule has 0 bridgehead atoms. The summed E-state index contributed by atoms with van der Waals surface area (Å²) in [5.74, 6) is 1.49. The standard InChI is InChI=1S/C26H41N7O3/c1-25(2,3)36-24(34)32-12-7-26(8-13-32)19-33(20-26)22-17-21(18-27)28-23(29-22)31-11-5-9-30(14-15-31)10-6-16-35-4/h17H,5-16,19-20H2,1-4H3. The molecule has 0 N–H and O–H groups in total. The Morgan fingerprint density at radius 3 is 2.50 bits per heavy atom. The fourth-order valence-electron chi connectivity index (χ4n) is 5.34. The number of anilines is 2. The molecule has 1 amide bonds. The van der Waals surface area contributed by atoms with E-state index in [4.69, 9.17) is 14.5 Å². The molecule has 0 radical (unpaired) electrons. The Balaban J connectivity index is 1.34. The van der Waals surface area contributed by atoms with Crippen molar-refractivity contribution in [1.82, 2.24) is 19.8 Å². The number of methoxy groups -OCH3 is 1. The second-order valence-electron chi connectivity index (χ2n) is 11.4. The van der Waals surface area contributed by atoms with Crippen LogP contribution in [0.1, 0.15) is 52.1 Å². The summed E-state index contributed by atoms with van der Waals surface area (Å²) in [6.07, 6.45) is 3.77. The number of likely N-dealkylation sites (tertiary alicyclic amines) is 1. The number of nitriles is 1. The lowest BCUT2D eigenvalue weighted by atomic mass is 9.72. The van der Waals surface area contributed by atoms with Crippen LogP contribution in [0.2, 0.25) is 0 Å². The van der Waals surface area contributed by atoms with Gasteiger partial charge >= 0.3 is 6.09 Å². The van der Waals surface area contributed by atoms with Crippen LogP contribution in [0.25, 0.3) is 0 Å². The fourth-order valence-corrected chi connectivity index (χ4v) is 5.34. The second kappa shape index (κ2) is 11.2. The molecule has 0 unspecified atom stereocenters. The number of ether oxygens (including phenoxy) is 2. The Kier molecular flexibility index (Phi) is 8.20. The van der Waals surface area contributed by atoms with Crippen molar-refractivity contribution in [3.63, 3.8) is 0 Å². The van der Waals surface area contributed by atoms with Crippen molar-refractivity contribution in [1.29, 1.82) is 5.26 Å². The summed E-state index contributed by atoms with van der Waals surface area (Å²) in [6.45, 7) is 14.5. The third-order valence-electron chi connectivity index (χ3n) is 7.36. The predicted molar refractivity (Wildman–Crippen MR) is 138 cm³/mol. The van der Waals surface area contributed by atoms with E-state index in [1.54, 1.807) is 13.2 Å². The molecule has 198 valence electrons. The molecule has 10 nitrogen and oxygen atoms in total. The summed E-state index contributed by atoms with van der Waals surface area (Å²) < 4.78 is 10.7. The Labute approximate surface area is 215 Å². The van der Waals surface area contributed by atoms with Crippen LogP contribution in [0, 0.1) is 16.7 Å². The monoisotopic (exact) mass is 499 g/mol. The van der Waals surface area contributed by atoms with Gasteiger partial charge < -0.3 is 29.1 Å². The largest absolute Gasteiger partial charge is 0.444 e. The number of amides is 1. The van der Waals surface area contributed by atoms with E-state index < -0.39 is 5.60 Å². The molecule has 4 rings (SSSR count). The summed E-state index contributed by atoms with van der Waals surface area (Å²) >= 11 is 0. The zero-order valence-corrected chi connectivity index (χ0v) is 22.3. The maximum absolute atomic E-state index is 12.4. The van der Waals surface area contributed by atoms with E-state index in [0.717, 1.165) is 97.0 Å². The summed E-state index contributed by atoms with van der Waals surface area (Å²) in [6, 6.07) is 4.04. The van der Waals surface area contributed by atoms with Crippen LogP contribution < -0.4 is 9.80 Å². The van der Waals surface area contributed by atoms with Crippen molar-refractivity contribution in [2.24, 2.45) is 5.41 Å². The van der Waals surface area contributed by atoms with Gasteiger partial charge in [0.15, 0.2) is 0 Å². The number of carbonyl (C=O) groups excluding carboxylic acids is 1. The van der Waals surface area contributed by atoms with Gasteiger partial charge in [0.05, 0.1) is 0 Å². The normalized spacial score (nSPS) is 20.6. The van der Waals surface area contributed by atoms with E-state index in [2.05, 4.69) is 25.8 Å². The molecule has 1 aromatic heterocycles. The first-order valence-electron chi connectivity index (χ1n) is 13.2. The molecule has 0 aromatic carbocycles. The van der Waals surface area contributed by atoms with Gasteiger partial charge in [-0.25, -0.2) is 9.78 Å². The average molecular weight is 500 g/mol. The zero-order valence-electron chi connectivity index (χ0n) is 22.3. The first kappa shape index (κ1) is 26.4. The molecule has 3 saturated heterocycles. The third kappa shape index (κ3) is 6.56. The first-order chi connectivity index (χ1) is 17.2. The van der Waals surface area contributed by atoms with Gasteiger partial charge in [-0.2, -0.15) is 10.2 Å². The number of nitrogens with zero attached hydrogens (tertiary/aromatic N) is 7. The van der Waals surface area contributed by atoms with Gasteiger partial charge in [0.1, 0.15) is 23.2 Å². The molecule has 0 aliphatic carbocycles. The van der Waals surface area contributed by atoms with Crippen LogP contribution in [0.5, 0.6) is 0 Å². The van der Waals surface area contributed by atoms with Crippen LogP contribution in [0.3, 0.4) is 0 Å². The minimum Gasteiger partial charge on any atom is -0.444 e. The van der Waals surface area contributed by atoms with Crippen LogP contribution in [-0.4, -0.2) is 104 Å². The number of carbonyl (C=O) groups is 1. The van der Waals surface area contributed by atoms with Crippen LogP contribution >= 0.6 is 0 Å². The quantitative estimate of drug-likeness (QED) is 0.547. The van der Waals surface area contributed by atoms with Crippen LogP contribution in [-0.2, 0) is 9.47 Å². The molecular formula is C26H41N7O3. The van der Waals surface area contributed by atoms with E-state index in [1.807, 2.05) is 25.7 Å². The van der Waals surface area contributed by atoms with Gasteiger partial charge in [-0.15, -0.1) is 0 Å². The fraction of sp³-hybridized carbons (Fsp3) is 0.769. The summed E-state index contributed by atoms with van der Waals surface area (Å²) in [4.78, 5) is 30.6. The minimum atomic E-state index is -0.474. The van der Waals surface area contributed by atoms with E-state index >= 15 is 0 Å². The van der Waals surface area contributed by atoms with Gasteiger partial charge in [0.25, 0.3) is 0 Å². The lowest BCUT2D eigenvalue weighted by Crippen LogP contribution is -2.61. The van der Waals surface area contributed by atoms with Crippen LogP contribution in [0.15, 0.2) is 6.07 Å². The van der Waals surface area contributed by atoms with Gasteiger partial charge in [-0.05, 0) is 53.0 Å². The van der Waals surface area contributed by atoms with Crippen molar-refractivity contribution in [3.8, 4) is 6.07 Å². The molecule has 3 aliphatic heterocycles. The lowest BCUT2D eigenvalue weighted by molar-refractivity contribution is 0.00589. The summed E-state index contributed by atoms with van der Waals surface area (Å²) in [7, 11) is 1.74. The number of hydrogen-bond acceptors (Lipinski definition) is 9. The number of piperidine rings is 1. The van der Waals surface area contributed by atoms with Gasteiger partial charge in [-0.3, -0.25) is 0 Å². The maximum Gasteiger partial charge on any atom is 0.410 e. The molecule has 10 heteroatoms. The van der Waals surface area contributed by atoms with Gasteiger partial charge in [-0.1, -0.05) is 0 Å². The topological polar surface area (TPSA) is 98.1 Å².